The van der Waals surface area contributed by atoms with Gasteiger partial charge in [0, 0.05) is 5.69 Å². The minimum atomic E-state index is -4.08. The van der Waals surface area contributed by atoms with Crippen molar-refractivity contribution in [1.29, 1.82) is 0 Å². The molecule has 1 heterocycles. The number of halogens is 2. The molecule has 26 heavy (non-hydrogen) atoms. The molecule has 2 amide bonds. The Bertz CT molecular complexity index is 961. The van der Waals surface area contributed by atoms with E-state index in [1.807, 2.05) is 0 Å². The third-order valence-electron chi connectivity index (χ3n) is 3.56. The van der Waals surface area contributed by atoms with Crippen LogP contribution < -0.4 is 10.1 Å². The van der Waals surface area contributed by atoms with Crippen LogP contribution in [0.3, 0.4) is 0 Å². The maximum absolute atomic E-state index is 12.4. The lowest BCUT2D eigenvalue weighted by atomic mass is 10.2. The number of ether oxygens (including phenoxy) is 1. The summed E-state index contributed by atoms with van der Waals surface area (Å²) in [5.41, 5.74) is 0.243. The lowest BCUT2D eigenvalue weighted by Gasteiger charge is -2.15. The number of hydrogen-bond acceptors (Lipinski definition) is 5. The van der Waals surface area contributed by atoms with Crippen molar-refractivity contribution < 1.29 is 31.5 Å². The van der Waals surface area contributed by atoms with Crippen LogP contribution in [0.1, 0.15) is 10.4 Å². The van der Waals surface area contributed by atoms with Crippen molar-refractivity contribution in [2.24, 2.45) is 0 Å². The van der Waals surface area contributed by atoms with Crippen LogP contribution in [0.15, 0.2) is 53.4 Å². The lowest BCUT2D eigenvalue weighted by molar-refractivity contribution is -0.116. The molecule has 0 fully saturated rings. The van der Waals surface area contributed by atoms with Gasteiger partial charge in [-0.1, -0.05) is 12.1 Å². The van der Waals surface area contributed by atoms with Gasteiger partial charge in [-0.3, -0.25) is 9.59 Å². The van der Waals surface area contributed by atoms with Crippen molar-refractivity contribution in [1.82, 2.24) is 4.31 Å². The molecule has 0 unspecified atom stereocenters. The van der Waals surface area contributed by atoms with E-state index in [2.05, 4.69) is 10.1 Å². The number of fused-ring (bicyclic) bond motifs is 1. The molecule has 0 aromatic heterocycles. The second kappa shape index (κ2) is 6.71. The van der Waals surface area contributed by atoms with E-state index in [1.54, 1.807) is 0 Å². The zero-order chi connectivity index (χ0) is 18.9. The monoisotopic (exact) mass is 382 g/mol. The fraction of sp³-hybridized carbons (Fsp3) is 0.125. The van der Waals surface area contributed by atoms with Crippen LogP contribution >= 0.6 is 0 Å². The number of carbonyl (C=O) groups is 2. The normalized spacial score (nSPS) is 15.0. The zero-order valence-electron chi connectivity index (χ0n) is 13.1. The van der Waals surface area contributed by atoms with Gasteiger partial charge in [0.15, 0.2) is 0 Å². The number of rotatable bonds is 5. The van der Waals surface area contributed by atoms with Gasteiger partial charge in [0.25, 0.3) is 15.9 Å². The number of benzene rings is 2. The van der Waals surface area contributed by atoms with Crippen LogP contribution in [0.4, 0.5) is 14.5 Å². The summed E-state index contributed by atoms with van der Waals surface area (Å²) in [6.45, 7) is -3.67. The highest BCUT2D eigenvalue weighted by Crippen LogP contribution is 2.29. The first kappa shape index (κ1) is 17.8. The standard InChI is InChI=1S/C16H12F2N2O5S/c17-16(18)25-11-7-5-10(6-8-11)19-14(21)9-20-15(22)12-3-1-2-4-13(12)26(20,23)24/h1-8,16H,9H2,(H,19,21). The quantitative estimate of drug-likeness (QED) is 0.855. The Morgan fingerprint density at radius 1 is 1.12 bits per heavy atom. The molecule has 136 valence electrons. The Morgan fingerprint density at radius 2 is 1.77 bits per heavy atom. The highest BCUT2D eigenvalue weighted by Gasteiger charge is 2.41. The Hall–Kier alpha value is -3.01. The fourth-order valence-electron chi connectivity index (χ4n) is 2.44. The number of hydrogen-bond donors (Lipinski definition) is 1. The van der Waals surface area contributed by atoms with Crippen molar-refractivity contribution in [3.63, 3.8) is 0 Å². The van der Waals surface area contributed by atoms with E-state index < -0.39 is 35.0 Å². The number of amides is 2. The molecular weight excluding hydrogens is 370 g/mol. The molecule has 2 aromatic rings. The number of sulfonamides is 1. The Morgan fingerprint density at radius 3 is 2.38 bits per heavy atom. The van der Waals surface area contributed by atoms with Crippen LogP contribution in [0.5, 0.6) is 5.75 Å². The smallest absolute Gasteiger partial charge is 0.387 e. The number of nitrogens with zero attached hydrogens (tertiary/aromatic N) is 1. The molecule has 0 saturated heterocycles. The van der Waals surface area contributed by atoms with Gasteiger partial charge < -0.3 is 10.1 Å². The van der Waals surface area contributed by atoms with Crippen LogP contribution in [0.25, 0.3) is 0 Å². The molecule has 0 radical (unpaired) electrons. The minimum absolute atomic E-state index is 0.00815. The number of carbonyl (C=O) groups excluding carboxylic acids is 2. The van der Waals surface area contributed by atoms with Gasteiger partial charge in [-0.15, -0.1) is 0 Å². The van der Waals surface area contributed by atoms with E-state index in [0.717, 1.165) is 0 Å². The molecule has 3 rings (SSSR count). The molecule has 0 spiro atoms. The average Bonchev–Trinajstić information content (AvgIpc) is 2.78. The summed E-state index contributed by atoms with van der Waals surface area (Å²) < 4.78 is 53.6. The van der Waals surface area contributed by atoms with Gasteiger partial charge in [0.2, 0.25) is 5.91 Å². The molecule has 0 aliphatic carbocycles. The van der Waals surface area contributed by atoms with Gasteiger partial charge >= 0.3 is 6.61 Å². The molecular formula is C16H12F2N2O5S. The van der Waals surface area contributed by atoms with E-state index in [9.17, 15) is 26.8 Å². The van der Waals surface area contributed by atoms with Gasteiger partial charge in [0.05, 0.1) is 5.56 Å². The third kappa shape index (κ3) is 3.36. The first-order chi connectivity index (χ1) is 12.3. The second-order valence-electron chi connectivity index (χ2n) is 5.26. The molecule has 10 heteroatoms. The number of nitrogens with one attached hydrogen (secondary N) is 1. The molecule has 1 aliphatic rings. The van der Waals surface area contributed by atoms with Crippen molar-refractivity contribution in [2.45, 2.75) is 11.5 Å². The fourth-order valence-corrected chi connectivity index (χ4v) is 3.96. The Labute approximate surface area is 147 Å². The largest absolute Gasteiger partial charge is 0.435 e. The van der Waals surface area contributed by atoms with Crippen LogP contribution in [-0.2, 0) is 14.8 Å². The van der Waals surface area contributed by atoms with Crippen LogP contribution in [-0.4, -0.2) is 37.7 Å². The van der Waals surface area contributed by atoms with Crippen molar-refractivity contribution >= 4 is 27.5 Å². The Balaban J connectivity index is 1.70. The zero-order valence-corrected chi connectivity index (χ0v) is 13.9. The predicted octanol–water partition coefficient (Wildman–Crippen LogP) is 2.07. The first-order valence-corrected chi connectivity index (χ1v) is 8.74. The van der Waals surface area contributed by atoms with E-state index in [0.29, 0.717) is 4.31 Å². The average molecular weight is 382 g/mol. The van der Waals surface area contributed by atoms with E-state index in [-0.39, 0.29) is 21.9 Å². The highest BCUT2D eigenvalue weighted by molar-refractivity contribution is 7.90. The summed E-state index contributed by atoms with van der Waals surface area (Å²) in [6, 6.07) is 10.7. The van der Waals surface area contributed by atoms with Gasteiger partial charge in [-0.2, -0.15) is 8.78 Å². The predicted molar refractivity (Wildman–Crippen MR) is 86.4 cm³/mol. The molecule has 1 aliphatic heterocycles. The lowest BCUT2D eigenvalue weighted by Crippen LogP contribution is -2.37. The molecule has 1 N–H and O–H groups in total. The maximum atomic E-state index is 12.4. The van der Waals surface area contributed by atoms with Crippen molar-refractivity contribution in [3.8, 4) is 5.75 Å². The molecule has 0 saturated carbocycles. The summed E-state index contributed by atoms with van der Waals surface area (Å²) in [4.78, 5) is 24.2. The van der Waals surface area contributed by atoms with Crippen molar-refractivity contribution in [3.05, 3.63) is 54.1 Å². The van der Waals surface area contributed by atoms with Gasteiger partial charge in [0.1, 0.15) is 17.2 Å². The van der Waals surface area contributed by atoms with Gasteiger partial charge in [-0.25, -0.2) is 12.7 Å². The second-order valence-corrected chi connectivity index (χ2v) is 7.09. The summed E-state index contributed by atoms with van der Waals surface area (Å²) in [5, 5.41) is 2.39. The maximum Gasteiger partial charge on any atom is 0.387 e. The first-order valence-electron chi connectivity index (χ1n) is 7.30. The molecule has 0 atom stereocenters. The minimum Gasteiger partial charge on any atom is -0.435 e. The number of anilines is 1. The van der Waals surface area contributed by atoms with Crippen LogP contribution in [0.2, 0.25) is 0 Å². The van der Waals surface area contributed by atoms with Crippen LogP contribution in [0, 0.1) is 0 Å². The third-order valence-corrected chi connectivity index (χ3v) is 5.35. The summed E-state index contributed by atoms with van der Waals surface area (Å²) >= 11 is 0. The Kier molecular flexibility index (Phi) is 4.60. The van der Waals surface area contributed by atoms with E-state index in [4.69, 9.17) is 0 Å². The summed E-state index contributed by atoms with van der Waals surface area (Å²) in [7, 11) is -4.08. The van der Waals surface area contributed by atoms with E-state index in [1.165, 1.54) is 48.5 Å². The highest BCUT2D eigenvalue weighted by atomic mass is 32.2. The van der Waals surface area contributed by atoms with Crippen molar-refractivity contribution in [2.75, 3.05) is 11.9 Å². The summed E-state index contributed by atoms with van der Waals surface area (Å²) in [6.07, 6.45) is 0. The number of alkyl halides is 2. The molecule has 2 aromatic carbocycles. The molecule has 7 nitrogen and oxygen atoms in total. The van der Waals surface area contributed by atoms with E-state index >= 15 is 0 Å². The van der Waals surface area contributed by atoms with Gasteiger partial charge in [-0.05, 0) is 36.4 Å². The molecule has 0 bridgehead atoms. The SMILES string of the molecule is O=C(CN1C(=O)c2ccccc2S1(=O)=O)Nc1ccc(OC(F)F)cc1. The summed E-state index contributed by atoms with van der Waals surface area (Å²) in [5.74, 6) is -1.63. The topological polar surface area (TPSA) is 92.8 Å².